The molecule has 6 heteroatoms. The van der Waals surface area contributed by atoms with Crippen LogP contribution in [0.1, 0.15) is 15.2 Å². The number of aromatic nitrogens is 1. The summed E-state index contributed by atoms with van der Waals surface area (Å²) in [5.74, 6) is 0.190. The Morgan fingerprint density at radius 1 is 1.45 bits per heavy atom. The van der Waals surface area contributed by atoms with Crippen LogP contribution in [0.25, 0.3) is 0 Å². The van der Waals surface area contributed by atoms with Crippen LogP contribution in [0.4, 0.5) is 5.82 Å². The molecule has 2 aromatic rings. The summed E-state index contributed by atoms with van der Waals surface area (Å²) in [4.78, 5) is 12.6. The molecule has 1 aromatic heterocycles. The molecule has 104 valence electrons. The molecule has 0 saturated carbocycles. The third-order valence-electron chi connectivity index (χ3n) is 2.75. The first kappa shape index (κ1) is 14.5. The topological polar surface area (TPSA) is 60.0 Å². The number of nitrogens with zero attached hydrogens (tertiary/aromatic N) is 1. The molecule has 0 aliphatic rings. The molecule has 0 fully saturated rings. The number of nitrogens with one attached hydrogen (secondary N) is 1. The van der Waals surface area contributed by atoms with Crippen molar-refractivity contribution in [3.8, 4) is 0 Å². The van der Waals surface area contributed by atoms with Gasteiger partial charge in [0.1, 0.15) is 10.7 Å². The molecule has 0 spiro atoms. The number of rotatable bonds is 5. The molecule has 20 heavy (non-hydrogen) atoms. The lowest BCUT2D eigenvalue weighted by Crippen LogP contribution is -2.23. The highest BCUT2D eigenvalue weighted by atomic mass is 32.1. The van der Waals surface area contributed by atoms with Gasteiger partial charge in [-0.1, -0.05) is 47.7 Å². The number of nitrogens with two attached hydrogens (primary N) is 1. The van der Waals surface area contributed by atoms with Gasteiger partial charge >= 0.3 is 0 Å². The van der Waals surface area contributed by atoms with Crippen LogP contribution in [-0.4, -0.2) is 10.5 Å². The third kappa shape index (κ3) is 3.15. The summed E-state index contributed by atoms with van der Waals surface area (Å²) < 4.78 is 2.28. The summed E-state index contributed by atoms with van der Waals surface area (Å²) >= 11 is 6.41. The van der Waals surface area contributed by atoms with E-state index in [0.717, 1.165) is 5.56 Å². The van der Waals surface area contributed by atoms with Gasteiger partial charge in [0.25, 0.3) is 5.91 Å². The Morgan fingerprint density at radius 2 is 2.15 bits per heavy atom. The maximum absolute atomic E-state index is 12.1. The molecule has 0 saturated heterocycles. The minimum Gasteiger partial charge on any atom is -0.384 e. The van der Waals surface area contributed by atoms with Crippen molar-refractivity contribution in [2.24, 2.45) is 0 Å². The van der Waals surface area contributed by atoms with Crippen molar-refractivity contribution < 1.29 is 4.79 Å². The van der Waals surface area contributed by atoms with Gasteiger partial charge in [-0.3, -0.25) is 4.79 Å². The first-order chi connectivity index (χ1) is 9.63. The number of nitrogen functional groups attached to an aromatic ring is 1. The molecular weight excluding hydrogens is 290 g/mol. The van der Waals surface area contributed by atoms with Crippen LogP contribution in [0, 0.1) is 3.95 Å². The predicted octanol–water partition coefficient (Wildman–Crippen LogP) is 2.98. The van der Waals surface area contributed by atoms with Gasteiger partial charge in [0, 0.05) is 13.1 Å². The Kier molecular flexibility index (Phi) is 4.70. The van der Waals surface area contributed by atoms with E-state index in [1.807, 2.05) is 30.3 Å². The van der Waals surface area contributed by atoms with Crippen LogP contribution in [0.15, 0.2) is 43.0 Å². The van der Waals surface area contributed by atoms with E-state index in [1.54, 1.807) is 10.6 Å². The Labute approximate surface area is 126 Å². The Hall–Kier alpha value is -1.92. The van der Waals surface area contributed by atoms with Crippen LogP contribution in [0.3, 0.4) is 0 Å². The second-order valence-corrected chi connectivity index (χ2v) is 5.79. The summed E-state index contributed by atoms with van der Waals surface area (Å²) in [5, 5.41) is 2.84. The van der Waals surface area contributed by atoms with E-state index in [0.29, 0.717) is 27.7 Å². The van der Waals surface area contributed by atoms with Crippen LogP contribution >= 0.6 is 23.6 Å². The Morgan fingerprint density at radius 3 is 2.80 bits per heavy atom. The van der Waals surface area contributed by atoms with E-state index in [9.17, 15) is 4.79 Å². The number of thiazole rings is 1. The zero-order chi connectivity index (χ0) is 14.5. The zero-order valence-electron chi connectivity index (χ0n) is 10.8. The standard InChI is InChI=1S/C14H15N3OS2/c1-2-8-17-12(15)11(20-14(17)19)13(18)16-9-10-6-4-3-5-7-10/h2-7H,1,8-9,15H2,(H,16,18). The smallest absolute Gasteiger partial charge is 0.265 e. The van der Waals surface area contributed by atoms with Crippen molar-refractivity contribution in [2.75, 3.05) is 5.73 Å². The Balaban J connectivity index is 2.12. The Bertz CT molecular complexity index is 673. The lowest BCUT2D eigenvalue weighted by atomic mass is 10.2. The van der Waals surface area contributed by atoms with Crippen molar-refractivity contribution in [3.63, 3.8) is 0 Å². The number of benzene rings is 1. The largest absolute Gasteiger partial charge is 0.384 e. The van der Waals surface area contributed by atoms with Crippen molar-refractivity contribution >= 4 is 35.3 Å². The molecular formula is C14H15N3OS2. The molecule has 0 atom stereocenters. The van der Waals surface area contributed by atoms with E-state index in [-0.39, 0.29) is 5.91 Å². The lowest BCUT2D eigenvalue weighted by Gasteiger charge is -2.05. The lowest BCUT2D eigenvalue weighted by molar-refractivity contribution is 0.0955. The number of hydrogen-bond acceptors (Lipinski definition) is 4. The molecule has 0 unspecified atom stereocenters. The van der Waals surface area contributed by atoms with Gasteiger partial charge in [-0.2, -0.15) is 0 Å². The molecule has 0 aliphatic carbocycles. The van der Waals surface area contributed by atoms with E-state index >= 15 is 0 Å². The molecule has 0 aliphatic heterocycles. The van der Waals surface area contributed by atoms with Gasteiger partial charge in [0.05, 0.1) is 0 Å². The molecule has 3 N–H and O–H groups in total. The van der Waals surface area contributed by atoms with Gasteiger partial charge in [-0.25, -0.2) is 0 Å². The molecule has 0 radical (unpaired) electrons. The summed E-state index contributed by atoms with van der Waals surface area (Å²) in [5.41, 5.74) is 6.99. The molecule has 1 amide bonds. The van der Waals surface area contributed by atoms with Crippen molar-refractivity contribution in [1.82, 2.24) is 9.88 Å². The second kappa shape index (κ2) is 6.49. The maximum atomic E-state index is 12.1. The average molecular weight is 305 g/mol. The minimum absolute atomic E-state index is 0.203. The molecule has 2 rings (SSSR count). The fraction of sp³-hybridized carbons (Fsp3) is 0.143. The van der Waals surface area contributed by atoms with Crippen LogP contribution in [0.2, 0.25) is 0 Å². The van der Waals surface area contributed by atoms with E-state index in [1.165, 1.54) is 11.3 Å². The van der Waals surface area contributed by atoms with Crippen molar-refractivity contribution in [3.05, 3.63) is 57.4 Å². The van der Waals surface area contributed by atoms with Gasteiger partial charge < -0.3 is 15.6 Å². The third-order valence-corrected chi connectivity index (χ3v) is 4.21. The molecule has 1 heterocycles. The van der Waals surface area contributed by atoms with Gasteiger partial charge in [-0.15, -0.1) is 6.58 Å². The predicted molar refractivity (Wildman–Crippen MR) is 85.4 cm³/mol. The monoisotopic (exact) mass is 305 g/mol. The van der Waals surface area contributed by atoms with Gasteiger partial charge in [-0.05, 0) is 17.8 Å². The fourth-order valence-corrected chi connectivity index (χ4v) is 3.00. The van der Waals surface area contributed by atoms with E-state index in [2.05, 4.69) is 11.9 Å². The highest BCUT2D eigenvalue weighted by Gasteiger charge is 2.16. The van der Waals surface area contributed by atoms with E-state index < -0.39 is 0 Å². The number of hydrogen-bond donors (Lipinski definition) is 2. The summed E-state index contributed by atoms with van der Waals surface area (Å²) in [7, 11) is 0. The first-order valence-electron chi connectivity index (χ1n) is 6.05. The number of carbonyl (C=O) groups is 1. The van der Waals surface area contributed by atoms with Crippen molar-refractivity contribution in [2.45, 2.75) is 13.1 Å². The van der Waals surface area contributed by atoms with Gasteiger partial charge in [0.2, 0.25) is 0 Å². The summed E-state index contributed by atoms with van der Waals surface area (Å²) in [6.07, 6.45) is 1.70. The van der Waals surface area contributed by atoms with Crippen LogP contribution in [0.5, 0.6) is 0 Å². The van der Waals surface area contributed by atoms with E-state index in [4.69, 9.17) is 18.0 Å². The molecule has 4 nitrogen and oxygen atoms in total. The normalized spacial score (nSPS) is 10.2. The molecule has 1 aromatic carbocycles. The van der Waals surface area contributed by atoms with Crippen molar-refractivity contribution in [1.29, 1.82) is 0 Å². The number of anilines is 1. The quantitative estimate of drug-likeness (QED) is 0.659. The number of carbonyl (C=O) groups excluding carboxylic acids is 1. The highest BCUT2D eigenvalue weighted by molar-refractivity contribution is 7.73. The minimum atomic E-state index is -0.203. The fourth-order valence-electron chi connectivity index (χ4n) is 1.74. The summed E-state index contributed by atoms with van der Waals surface area (Å²) in [6.45, 7) is 4.62. The van der Waals surface area contributed by atoms with Gasteiger partial charge in [0.15, 0.2) is 3.95 Å². The molecule has 0 bridgehead atoms. The average Bonchev–Trinajstić information content (AvgIpc) is 2.74. The summed E-state index contributed by atoms with van der Waals surface area (Å²) in [6, 6.07) is 9.70. The zero-order valence-corrected chi connectivity index (χ0v) is 12.5. The maximum Gasteiger partial charge on any atom is 0.265 e. The SMILES string of the molecule is C=CCn1c(N)c(C(=O)NCc2ccccc2)sc1=S. The number of allylic oxidation sites excluding steroid dienone is 1. The highest BCUT2D eigenvalue weighted by Crippen LogP contribution is 2.22. The van der Waals surface area contributed by atoms with Crippen LogP contribution < -0.4 is 11.1 Å². The second-order valence-electron chi connectivity index (χ2n) is 4.15. The first-order valence-corrected chi connectivity index (χ1v) is 7.28. The van der Waals surface area contributed by atoms with Crippen LogP contribution in [-0.2, 0) is 13.1 Å². The number of amides is 1.